The molecule has 152 valence electrons. The number of aromatic hydroxyl groups is 1. The molecular weight excluding hydrogens is 370 g/mol. The highest BCUT2D eigenvalue weighted by molar-refractivity contribution is 5.78. The van der Waals surface area contributed by atoms with Gasteiger partial charge in [0.2, 0.25) is 0 Å². The predicted molar refractivity (Wildman–Crippen MR) is 109 cm³/mol. The third-order valence-corrected chi connectivity index (χ3v) is 4.91. The number of piperidine rings is 1. The molecule has 29 heavy (non-hydrogen) atoms. The number of fused-ring (bicyclic) bond motifs is 1. The van der Waals surface area contributed by atoms with Crippen LogP contribution in [0.5, 0.6) is 5.75 Å². The molecule has 4 rings (SSSR count). The van der Waals surface area contributed by atoms with Gasteiger partial charge in [0.1, 0.15) is 11.4 Å². The molecule has 1 aliphatic rings. The largest absolute Gasteiger partial charge is 0.508 e. The number of rotatable bonds is 2. The highest BCUT2D eigenvalue weighted by Crippen LogP contribution is 2.26. The quantitative estimate of drug-likeness (QED) is 0.710. The zero-order valence-corrected chi connectivity index (χ0v) is 16.9. The van der Waals surface area contributed by atoms with Crippen molar-refractivity contribution in [2.75, 3.05) is 13.1 Å². The van der Waals surface area contributed by atoms with Gasteiger partial charge in [-0.15, -0.1) is 0 Å². The monoisotopic (exact) mass is 395 g/mol. The molecule has 8 nitrogen and oxygen atoms in total. The van der Waals surface area contributed by atoms with E-state index in [9.17, 15) is 9.90 Å². The average molecular weight is 395 g/mol. The number of amides is 1. The maximum atomic E-state index is 12.2. The van der Waals surface area contributed by atoms with Crippen molar-refractivity contribution in [2.24, 2.45) is 0 Å². The number of phenolic OH excluding ortho intramolecular Hbond substituents is 1. The molecule has 0 radical (unpaired) electrons. The van der Waals surface area contributed by atoms with E-state index in [1.165, 1.54) is 0 Å². The highest BCUT2D eigenvalue weighted by atomic mass is 16.6. The third-order valence-electron chi connectivity index (χ3n) is 4.91. The minimum Gasteiger partial charge on any atom is -0.508 e. The van der Waals surface area contributed by atoms with E-state index in [4.69, 9.17) is 4.74 Å². The van der Waals surface area contributed by atoms with E-state index >= 15 is 0 Å². The summed E-state index contributed by atoms with van der Waals surface area (Å²) >= 11 is 0. The van der Waals surface area contributed by atoms with Crippen molar-refractivity contribution in [3.63, 3.8) is 0 Å². The predicted octanol–water partition coefficient (Wildman–Crippen LogP) is 3.77. The van der Waals surface area contributed by atoms with Gasteiger partial charge in [0, 0.05) is 30.9 Å². The van der Waals surface area contributed by atoms with Gasteiger partial charge in [0.15, 0.2) is 0 Å². The van der Waals surface area contributed by atoms with Crippen LogP contribution in [0.15, 0.2) is 36.8 Å². The summed E-state index contributed by atoms with van der Waals surface area (Å²) in [5.74, 6) is 0.163. The Morgan fingerprint density at radius 3 is 2.66 bits per heavy atom. The molecule has 0 bridgehead atoms. The number of carbonyl (C=O) groups excluding carboxylic acids is 1. The lowest BCUT2D eigenvalue weighted by atomic mass is 10.1. The van der Waals surface area contributed by atoms with Crippen molar-refractivity contribution in [2.45, 2.75) is 45.3 Å². The molecule has 1 N–H and O–H groups in total. The van der Waals surface area contributed by atoms with Crippen LogP contribution in [0.3, 0.4) is 0 Å². The molecular formula is C21H25N5O3. The number of carbonyl (C=O) groups is 1. The number of nitrogens with zero attached hydrogens (tertiary/aromatic N) is 5. The fourth-order valence-corrected chi connectivity index (χ4v) is 3.45. The van der Waals surface area contributed by atoms with Gasteiger partial charge < -0.3 is 14.7 Å². The van der Waals surface area contributed by atoms with E-state index in [0.717, 1.165) is 23.9 Å². The van der Waals surface area contributed by atoms with Gasteiger partial charge in [-0.05, 0) is 45.7 Å². The lowest BCUT2D eigenvalue weighted by molar-refractivity contribution is 0.0185. The number of hydrogen-bond acceptors (Lipinski definition) is 6. The van der Waals surface area contributed by atoms with Crippen LogP contribution < -0.4 is 0 Å². The minimum absolute atomic E-state index is 0.163. The first kappa shape index (κ1) is 19.2. The molecule has 1 saturated heterocycles. The van der Waals surface area contributed by atoms with Crippen molar-refractivity contribution in [3.8, 4) is 17.0 Å². The fourth-order valence-electron chi connectivity index (χ4n) is 3.45. The molecule has 1 fully saturated rings. The molecule has 2 aromatic heterocycles. The summed E-state index contributed by atoms with van der Waals surface area (Å²) in [6.07, 6.45) is 6.83. The Balaban J connectivity index is 1.44. The first-order valence-corrected chi connectivity index (χ1v) is 9.77. The Morgan fingerprint density at radius 1 is 1.17 bits per heavy atom. The molecule has 0 spiro atoms. The molecule has 1 aliphatic heterocycles. The summed E-state index contributed by atoms with van der Waals surface area (Å²) in [6, 6.07) is 5.16. The van der Waals surface area contributed by atoms with Crippen molar-refractivity contribution < 1.29 is 14.6 Å². The lowest BCUT2D eigenvalue weighted by Gasteiger charge is -2.33. The maximum Gasteiger partial charge on any atom is 0.410 e. The minimum atomic E-state index is -0.484. The van der Waals surface area contributed by atoms with Gasteiger partial charge in [-0.25, -0.2) is 9.78 Å². The average Bonchev–Trinajstić information content (AvgIpc) is 3.16. The molecule has 0 unspecified atom stereocenters. The Labute approximate surface area is 169 Å². The van der Waals surface area contributed by atoms with Crippen molar-refractivity contribution in [3.05, 3.63) is 36.8 Å². The van der Waals surface area contributed by atoms with Gasteiger partial charge in [-0.3, -0.25) is 9.67 Å². The van der Waals surface area contributed by atoms with Crippen LogP contribution in [-0.4, -0.2) is 54.5 Å². The second-order valence-corrected chi connectivity index (χ2v) is 8.34. The molecule has 8 heteroatoms. The highest BCUT2D eigenvalue weighted by Gasteiger charge is 2.28. The number of aromatic nitrogens is 4. The van der Waals surface area contributed by atoms with Gasteiger partial charge >= 0.3 is 6.09 Å². The Bertz CT molecular complexity index is 1030. The van der Waals surface area contributed by atoms with E-state index in [1.807, 2.05) is 31.6 Å². The third kappa shape index (κ3) is 4.31. The molecule has 1 amide bonds. The van der Waals surface area contributed by atoms with Gasteiger partial charge in [-0.1, -0.05) is 0 Å². The number of benzene rings is 1. The van der Waals surface area contributed by atoms with Crippen molar-refractivity contribution in [1.29, 1.82) is 0 Å². The van der Waals surface area contributed by atoms with E-state index in [0.29, 0.717) is 24.3 Å². The van der Waals surface area contributed by atoms with Crippen LogP contribution in [0.1, 0.15) is 39.7 Å². The van der Waals surface area contributed by atoms with Crippen LogP contribution in [0.2, 0.25) is 0 Å². The van der Waals surface area contributed by atoms with Crippen LogP contribution in [-0.2, 0) is 4.74 Å². The molecule has 0 saturated carbocycles. The second-order valence-electron chi connectivity index (χ2n) is 8.34. The summed E-state index contributed by atoms with van der Waals surface area (Å²) in [4.78, 5) is 23.0. The zero-order valence-electron chi connectivity index (χ0n) is 16.9. The number of likely N-dealkylation sites (tertiary alicyclic amines) is 1. The molecule has 0 atom stereocenters. The van der Waals surface area contributed by atoms with Gasteiger partial charge in [0.05, 0.1) is 35.2 Å². The van der Waals surface area contributed by atoms with Crippen molar-refractivity contribution >= 4 is 17.1 Å². The van der Waals surface area contributed by atoms with Crippen LogP contribution >= 0.6 is 0 Å². The smallest absolute Gasteiger partial charge is 0.410 e. The zero-order chi connectivity index (χ0) is 20.6. The number of phenols is 1. The van der Waals surface area contributed by atoms with Crippen molar-refractivity contribution in [1.82, 2.24) is 24.6 Å². The second kappa shape index (κ2) is 7.35. The summed E-state index contributed by atoms with van der Waals surface area (Å²) in [6.45, 7) is 6.91. The molecule has 1 aromatic carbocycles. The number of hydrogen-bond donors (Lipinski definition) is 1. The lowest BCUT2D eigenvalue weighted by Crippen LogP contribution is -2.42. The topological polar surface area (TPSA) is 93.4 Å². The first-order chi connectivity index (χ1) is 13.8. The summed E-state index contributed by atoms with van der Waals surface area (Å²) in [7, 11) is 0. The standard InChI is InChI=1S/C21H25N5O3/c1-21(2,3)29-20(28)25-8-6-15(7-9-25)26-13-14(11-23-26)19-12-22-17-5-4-16(27)10-18(17)24-19/h4-5,10-13,15,27H,6-9H2,1-3H3. The van der Waals surface area contributed by atoms with E-state index in [1.54, 1.807) is 35.5 Å². The van der Waals surface area contributed by atoms with Gasteiger partial charge in [-0.2, -0.15) is 5.10 Å². The maximum absolute atomic E-state index is 12.2. The fraction of sp³-hybridized carbons (Fsp3) is 0.429. The van der Waals surface area contributed by atoms with E-state index in [2.05, 4.69) is 15.1 Å². The Hall–Kier alpha value is -3.16. The SMILES string of the molecule is CC(C)(C)OC(=O)N1CCC(n2cc(-c3cnc4ccc(O)cc4n3)cn2)CC1. The van der Waals surface area contributed by atoms with E-state index in [-0.39, 0.29) is 17.9 Å². The van der Waals surface area contributed by atoms with Crippen LogP contribution in [0.4, 0.5) is 4.79 Å². The first-order valence-electron chi connectivity index (χ1n) is 9.77. The summed E-state index contributed by atoms with van der Waals surface area (Å²) < 4.78 is 7.40. The summed E-state index contributed by atoms with van der Waals surface area (Å²) in [5, 5.41) is 14.2. The Kier molecular flexibility index (Phi) is 4.86. The van der Waals surface area contributed by atoms with E-state index < -0.39 is 5.60 Å². The normalized spacial score (nSPS) is 15.6. The number of ether oxygens (including phenoxy) is 1. The molecule has 0 aliphatic carbocycles. The summed E-state index contributed by atoms with van der Waals surface area (Å²) in [5.41, 5.74) is 2.47. The van der Waals surface area contributed by atoms with Crippen LogP contribution in [0, 0.1) is 0 Å². The molecule has 3 heterocycles. The molecule has 3 aromatic rings. The van der Waals surface area contributed by atoms with Gasteiger partial charge in [0.25, 0.3) is 0 Å². The Morgan fingerprint density at radius 2 is 1.93 bits per heavy atom. The van der Waals surface area contributed by atoms with Crippen LogP contribution in [0.25, 0.3) is 22.3 Å².